The van der Waals surface area contributed by atoms with Crippen LogP contribution in [-0.4, -0.2) is 63.5 Å². The number of benzene rings is 1. The van der Waals surface area contributed by atoms with Crippen LogP contribution in [0.4, 0.5) is 0 Å². The highest BCUT2D eigenvalue weighted by molar-refractivity contribution is 7.13. The predicted octanol–water partition coefficient (Wildman–Crippen LogP) is 3.65. The number of aryl methyl sites for hydroxylation is 1. The number of thiazole rings is 1. The molecule has 39 heavy (non-hydrogen) atoms. The zero-order valence-corrected chi connectivity index (χ0v) is 23.3. The fourth-order valence-electron chi connectivity index (χ4n) is 4.81. The predicted molar refractivity (Wildman–Crippen MR) is 145 cm³/mol. The monoisotopic (exact) mass is 554 g/mol. The number of carbonyl (C=O) groups is 3. The Bertz CT molecular complexity index is 1290. The highest BCUT2D eigenvalue weighted by Gasteiger charge is 2.43. The quantitative estimate of drug-likeness (QED) is 0.271. The van der Waals surface area contributed by atoms with Crippen molar-refractivity contribution in [2.24, 2.45) is 5.92 Å². The summed E-state index contributed by atoms with van der Waals surface area (Å²) < 4.78 is 10.8. The molecule has 0 bridgehead atoms. The third-order valence-electron chi connectivity index (χ3n) is 6.87. The van der Waals surface area contributed by atoms with Gasteiger partial charge in [-0.25, -0.2) is 4.98 Å². The number of hydrogen-bond acceptors (Lipinski definition) is 9. The first-order valence-corrected chi connectivity index (χ1v) is 13.9. The van der Waals surface area contributed by atoms with E-state index in [1.807, 2.05) is 57.5 Å². The Balaban J connectivity index is 1.45. The van der Waals surface area contributed by atoms with E-state index in [2.05, 4.69) is 15.5 Å². The Kier molecular flexibility index (Phi) is 9.13. The van der Waals surface area contributed by atoms with Crippen molar-refractivity contribution in [3.63, 3.8) is 0 Å². The second-order valence-electron chi connectivity index (χ2n) is 10.1. The van der Waals surface area contributed by atoms with E-state index < -0.39 is 18.1 Å². The Labute approximate surface area is 231 Å². The molecule has 2 amide bonds. The molecule has 0 aliphatic carbocycles. The maximum Gasteiger partial charge on any atom is 0.254 e. The smallest absolute Gasteiger partial charge is 0.254 e. The van der Waals surface area contributed by atoms with Crippen molar-refractivity contribution in [2.75, 3.05) is 13.2 Å². The van der Waals surface area contributed by atoms with Gasteiger partial charge in [-0.1, -0.05) is 38.1 Å². The summed E-state index contributed by atoms with van der Waals surface area (Å²) in [4.78, 5) is 44.4. The van der Waals surface area contributed by atoms with Gasteiger partial charge < -0.3 is 29.4 Å². The molecule has 1 aliphatic heterocycles. The van der Waals surface area contributed by atoms with E-state index in [9.17, 15) is 19.5 Å². The number of aldehydes is 1. The number of carbonyl (C=O) groups excluding carboxylic acids is 3. The van der Waals surface area contributed by atoms with Crippen LogP contribution < -0.4 is 10.1 Å². The minimum absolute atomic E-state index is 0.0498. The van der Waals surface area contributed by atoms with Crippen molar-refractivity contribution < 1.29 is 28.8 Å². The van der Waals surface area contributed by atoms with Gasteiger partial charge in [0.15, 0.2) is 5.76 Å². The zero-order chi connectivity index (χ0) is 28.1. The van der Waals surface area contributed by atoms with Crippen molar-refractivity contribution in [3.05, 3.63) is 52.9 Å². The minimum atomic E-state index is -0.818. The highest BCUT2D eigenvalue weighted by atomic mass is 32.1. The van der Waals surface area contributed by atoms with Crippen LogP contribution in [0, 0.1) is 12.8 Å². The number of aliphatic hydroxyl groups is 1. The summed E-state index contributed by atoms with van der Waals surface area (Å²) in [5.41, 5.74) is 4.79. The molecule has 3 heterocycles. The van der Waals surface area contributed by atoms with Gasteiger partial charge in [0.25, 0.3) is 5.88 Å². The summed E-state index contributed by atoms with van der Waals surface area (Å²) in [6.07, 6.45) is 0.290. The van der Waals surface area contributed by atoms with E-state index >= 15 is 0 Å². The molecule has 1 saturated heterocycles. The molecule has 4 atom stereocenters. The molecule has 2 aromatic heterocycles. The number of hydrogen-bond donors (Lipinski definition) is 2. The number of rotatable bonds is 11. The van der Waals surface area contributed by atoms with Crippen LogP contribution in [0.15, 0.2) is 40.4 Å². The Morgan fingerprint density at radius 3 is 2.67 bits per heavy atom. The van der Waals surface area contributed by atoms with Gasteiger partial charge in [-0.3, -0.25) is 9.59 Å². The summed E-state index contributed by atoms with van der Waals surface area (Å²) in [5.74, 6) is -1.05. The Morgan fingerprint density at radius 1 is 1.28 bits per heavy atom. The second kappa shape index (κ2) is 12.5. The molecule has 1 fully saturated rings. The summed E-state index contributed by atoms with van der Waals surface area (Å²) >= 11 is 1.58. The fraction of sp³-hybridized carbons (Fsp3) is 0.464. The van der Waals surface area contributed by atoms with Crippen molar-refractivity contribution in [1.29, 1.82) is 0 Å². The van der Waals surface area contributed by atoms with Crippen LogP contribution in [0.1, 0.15) is 62.6 Å². The lowest BCUT2D eigenvalue weighted by molar-refractivity contribution is -0.141. The number of likely N-dealkylation sites (tertiary alicyclic amines) is 1. The lowest BCUT2D eigenvalue weighted by Crippen LogP contribution is -2.48. The standard InChI is InChI=1S/C28H34N4O6S/c1-16(2)25(23-13-24(31-38-23)37-11-5-10-33)28(36)32-14-21(34)12-22(32)27(35)30-17(3)19-6-8-20(9-7-19)26-18(4)29-15-39-26/h6-10,13,15-17,21-22,25,34H,5,11-12,14H2,1-4H3,(H,30,35)/t17?,21-,22+,25?/m1/s1. The van der Waals surface area contributed by atoms with Crippen molar-refractivity contribution >= 4 is 29.4 Å². The molecular weight excluding hydrogens is 520 g/mol. The highest BCUT2D eigenvalue weighted by Crippen LogP contribution is 2.33. The third-order valence-corrected chi connectivity index (χ3v) is 7.85. The topological polar surface area (TPSA) is 135 Å². The number of nitrogens with one attached hydrogen (secondary N) is 1. The van der Waals surface area contributed by atoms with E-state index in [-0.39, 0.29) is 55.6 Å². The summed E-state index contributed by atoms with van der Waals surface area (Å²) in [5, 5.41) is 17.3. The molecule has 4 rings (SSSR count). The molecule has 1 aliphatic rings. The zero-order valence-electron chi connectivity index (χ0n) is 22.5. The molecule has 1 aromatic carbocycles. The lowest BCUT2D eigenvalue weighted by atomic mass is 9.91. The average Bonchev–Trinajstić information content (AvgIpc) is 3.64. The van der Waals surface area contributed by atoms with Crippen LogP contribution in [-0.2, 0) is 14.4 Å². The molecule has 208 valence electrons. The number of ether oxygens (including phenoxy) is 1. The summed E-state index contributed by atoms with van der Waals surface area (Å²) in [6, 6.07) is 8.38. The van der Waals surface area contributed by atoms with Crippen molar-refractivity contribution in [3.8, 4) is 16.3 Å². The maximum absolute atomic E-state index is 13.7. The summed E-state index contributed by atoms with van der Waals surface area (Å²) in [6.45, 7) is 7.81. The fourth-order valence-corrected chi connectivity index (χ4v) is 5.62. The summed E-state index contributed by atoms with van der Waals surface area (Å²) in [7, 11) is 0. The molecular formula is C28H34N4O6S. The van der Waals surface area contributed by atoms with Gasteiger partial charge >= 0.3 is 0 Å². The van der Waals surface area contributed by atoms with Crippen LogP contribution in [0.3, 0.4) is 0 Å². The number of β-amino-alcohol motifs (C(OH)–C–C–N with tert-alkyl or cyclic N) is 1. The number of amides is 2. The van der Waals surface area contributed by atoms with Crippen LogP contribution in [0.25, 0.3) is 10.4 Å². The van der Waals surface area contributed by atoms with Crippen molar-refractivity contribution in [2.45, 2.75) is 64.6 Å². The lowest BCUT2D eigenvalue weighted by Gasteiger charge is -2.29. The van der Waals surface area contributed by atoms with E-state index in [4.69, 9.17) is 9.26 Å². The van der Waals surface area contributed by atoms with Gasteiger partial charge in [0, 0.05) is 25.5 Å². The van der Waals surface area contributed by atoms with Crippen LogP contribution >= 0.6 is 11.3 Å². The average molecular weight is 555 g/mol. The molecule has 3 aromatic rings. The van der Waals surface area contributed by atoms with E-state index in [0.29, 0.717) is 5.76 Å². The first-order valence-electron chi connectivity index (χ1n) is 13.0. The van der Waals surface area contributed by atoms with Crippen LogP contribution in [0.5, 0.6) is 5.88 Å². The molecule has 2 unspecified atom stereocenters. The Hall–Kier alpha value is -3.57. The molecule has 2 N–H and O–H groups in total. The SMILES string of the molecule is Cc1ncsc1-c1ccc(C(C)NC(=O)[C@@H]2C[C@@H](O)CN2C(=O)C(c2cc(OCCC=O)no2)C(C)C)cc1. The van der Waals surface area contributed by atoms with Gasteiger partial charge in [0.1, 0.15) is 18.2 Å². The van der Waals surface area contributed by atoms with E-state index in [1.54, 1.807) is 11.3 Å². The van der Waals surface area contributed by atoms with Gasteiger partial charge in [0.05, 0.1) is 34.8 Å². The maximum atomic E-state index is 13.7. The first-order chi connectivity index (χ1) is 18.7. The van der Waals surface area contributed by atoms with Crippen molar-refractivity contribution in [1.82, 2.24) is 20.4 Å². The number of aliphatic hydroxyl groups excluding tert-OH is 1. The first kappa shape index (κ1) is 28.4. The number of aromatic nitrogens is 2. The Morgan fingerprint density at radius 2 is 2.03 bits per heavy atom. The molecule has 0 saturated carbocycles. The second-order valence-corrected chi connectivity index (χ2v) is 11.0. The molecule has 10 nitrogen and oxygen atoms in total. The van der Waals surface area contributed by atoms with E-state index in [1.165, 1.54) is 11.0 Å². The van der Waals surface area contributed by atoms with Crippen LogP contribution in [0.2, 0.25) is 0 Å². The van der Waals surface area contributed by atoms with Gasteiger partial charge in [-0.2, -0.15) is 0 Å². The van der Waals surface area contributed by atoms with Gasteiger partial charge in [0.2, 0.25) is 11.8 Å². The molecule has 11 heteroatoms. The molecule has 0 radical (unpaired) electrons. The van der Waals surface area contributed by atoms with Gasteiger partial charge in [-0.15, -0.1) is 11.3 Å². The number of nitrogens with zero attached hydrogens (tertiary/aromatic N) is 3. The largest absolute Gasteiger partial charge is 0.475 e. The third kappa shape index (κ3) is 6.54. The minimum Gasteiger partial charge on any atom is -0.475 e. The van der Waals surface area contributed by atoms with Gasteiger partial charge in [-0.05, 0) is 36.0 Å². The normalized spacial score (nSPS) is 18.7. The molecule has 0 spiro atoms. The van der Waals surface area contributed by atoms with E-state index in [0.717, 1.165) is 28.0 Å².